The second-order valence-electron chi connectivity index (χ2n) is 5.64. The molecule has 16 heavy (non-hydrogen) atoms. The van der Waals surface area contributed by atoms with E-state index in [0.717, 1.165) is 17.5 Å². The molecule has 0 heterocycles. The van der Waals surface area contributed by atoms with Gasteiger partial charge in [-0.25, -0.2) is 0 Å². The molecule has 0 aromatic heterocycles. The summed E-state index contributed by atoms with van der Waals surface area (Å²) in [6.45, 7) is 12.9. The zero-order chi connectivity index (χ0) is 12.5. The van der Waals surface area contributed by atoms with Crippen molar-refractivity contribution < 1.29 is 5.11 Å². The highest BCUT2D eigenvalue weighted by Crippen LogP contribution is 2.39. The molecule has 1 aromatic rings. The maximum atomic E-state index is 10.4. The summed E-state index contributed by atoms with van der Waals surface area (Å²) in [5, 5.41) is 10.4. The Bertz CT molecular complexity index is 375. The molecule has 0 bridgehead atoms. The van der Waals surface area contributed by atoms with Crippen molar-refractivity contribution in [1.29, 1.82) is 0 Å². The average molecular weight is 220 g/mol. The molecule has 90 valence electrons. The Kier molecular flexibility index (Phi) is 3.67. The third kappa shape index (κ3) is 2.40. The van der Waals surface area contributed by atoms with Gasteiger partial charge in [0.1, 0.15) is 5.75 Å². The fourth-order valence-electron chi connectivity index (χ4n) is 1.95. The smallest absolute Gasteiger partial charge is 0.122 e. The van der Waals surface area contributed by atoms with Crippen LogP contribution < -0.4 is 0 Å². The summed E-state index contributed by atoms with van der Waals surface area (Å²) in [7, 11) is 0. The number of hydrogen-bond donors (Lipinski definition) is 1. The van der Waals surface area contributed by atoms with Crippen molar-refractivity contribution in [2.45, 2.75) is 59.3 Å². The highest BCUT2D eigenvalue weighted by Gasteiger charge is 2.24. The molecule has 0 aliphatic rings. The van der Waals surface area contributed by atoms with E-state index in [9.17, 15) is 5.11 Å². The van der Waals surface area contributed by atoms with Crippen LogP contribution >= 0.6 is 0 Å². The first-order valence-corrected chi connectivity index (χ1v) is 6.13. The van der Waals surface area contributed by atoms with Crippen LogP contribution in [0.5, 0.6) is 5.75 Å². The van der Waals surface area contributed by atoms with Crippen molar-refractivity contribution >= 4 is 0 Å². The SMILES string of the molecule is CCC(C)(C)c1cc(C)cc(C(C)C)c1O. The molecule has 0 aliphatic heterocycles. The minimum Gasteiger partial charge on any atom is -0.507 e. The van der Waals surface area contributed by atoms with Crippen LogP contribution in [-0.2, 0) is 5.41 Å². The Labute approximate surface area is 99.5 Å². The molecule has 0 amide bonds. The van der Waals surface area contributed by atoms with E-state index in [4.69, 9.17) is 0 Å². The summed E-state index contributed by atoms with van der Waals surface area (Å²) in [5.74, 6) is 0.860. The predicted molar refractivity (Wildman–Crippen MR) is 70.2 cm³/mol. The van der Waals surface area contributed by atoms with Crippen molar-refractivity contribution in [2.75, 3.05) is 0 Å². The third-order valence-corrected chi connectivity index (χ3v) is 3.52. The summed E-state index contributed by atoms with van der Waals surface area (Å²) in [5.41, 5.74) is 3.42. The summed E-state index contributed by atoms with van der Waals surface area (Å²) in [4.78, 5) is 0. The van der Waals surface area contributed by atoms with Crippen LogP contribution in [0.1, 0.15) is 63.6 Å². The minimum atomic E-state index is 0.0414. The Balaban J connectivity index is 3.41. The van der Waals surface area contributed by atoms with E-state index in [0.29, 0.717) is 11.7 Å². The topological polar surface area (TPSA) is 20.2 Å². The lowest BCUT2D eigenvalue weighted by Gasteiger charge is -2.27. The molecular weight excluding hydrogens is 196 g/mol. The van der Waals surface area contributed by atoms with Crippen LogP contribution in [0.3, 0.4) is 0 Å². The zero-order valence-electron chi connectivity index (χ0n) is 11.4. The number of rotatable bonds is 3. The maximum absolute atomic E-state index is 10.4. The van der Waals surface area contributed by atoms with E-state index >= 15 is 0 Å². The van der Waals surface area contributed by atoms with Crippen LogP contribution in [0.2, 0.25) is 0 Å². The number of phenols is 1. The van der Waals surface area contributed by atoms with Gasteiger partial charge in [-0.05, 0) is 30.2 Å². The number of hydrogen-bond acceptors (Lipinski definition) is 1. The average Bonchev–Trinajstić information content (AvgIpc) is 2.20. The Morgan fingerprint density at radius 3 is 2.25 bits per heavy atom. The summed E-state index contributed by atoms with van der Waals surface area (Å²) in [6, 6.07) is 4.21. The van der Waals surface area contributed by atoms with E-state index in [2.05, 4.69) is 53.7 Å². The van der Waals surface area contributed by atoms with E-state index in [1.54, 1.807) is 0 Å². The van der Waals surface area contributed by atoms with Gasteiger partial charge in [0.25, 0.3) is 0 Å². The van der Waals surface area contributed by atoms with Crippen LogP contribution in [0.15, 0.2) is 12.1 Å². The van der Waals surface area contributed by atoms with Crippen LogP contribution in [0.25, 0.3) is 0 Å². The zero-order valence-corrected chi connectivity index (χ0v) is 11.4. The maximum Gasteiger partial charge on any atom is 0.122 e. The molecule has 0 aliphatic carbocycles. The largest absolute Gasteiger partial charge is 0.507 e. The van der Waals surface area contributed by atoms with Crippen LogP contribution in [0.4, 0.5) is 0 Å². The van der Waals surface area contributed by atoms with Crippen molar-refractivity contribution in [1.82, 2.24) is 0 Å². The molecule has 0 fully saturated rings. The second kappa shape index (κ2) is 4.48. The third-order valence-electron chi connectivity index (χ3n) is 3.52. The molecule has 1 aromatic carbocycles. The van der Waals surface area contributed by atoms with E-state index < -0.39 is 0 Å². The van der Waals surface area contributed by atoms with E-state index in [1.807, 2.05) is 0 Å². The fraction of sp³-hybridized carbons (Fsp3) is 0.600. The predicted octanol–water partition coefficient (Wildman–Crippen LogP) is 4.51. The molecular formula is C15H24O. The van der Waals surface area contributed by atoms with Gasteiger partial charge >= 0.3 is 0 Å². The van der Waals surface area contributed by atoms with Gasteiger partial charge in [-0.3, -0.25) is 0 Å². The first-order chi connectivity index (χ1) is 7.29. The number of benzene rings is 1. The summed E-state index contributed by atoms with van der Waals surface area (Å²) in [6.07, 6.45) is 1.03. The standard InChI is InChI=1S/C15H24O/c1-7-15(5,6)13-9-11(4)8-12(10(2)3)14(13)16/h8-10,16H,7H2,1-6H3. The van der Waals surface area contributed by atoms with Gasteiger partial charge in [-0.15, -0.1) is 0 Å². The fourth-order valence-corrected chi connectivity index (χ4v) is 1.95. The second-order valence-corrected chi connectivity index (χ2v) is 5.64. The normalized spacial score (nSPS) is 12.2. The molecule has 0 radical (unpaired) electrons. The summed E-state index contributed by atoms with van der Waals surface area (Å²) >= 11 is 0. The molecule has 0 spiro atoms. The van der Waals surface area contributed by atoms with Gasteiger partial charge < -0.3 is 5.11 Å². The monoisotopic (exact) mass is 220 g/mol. The van der Waals surface area contributed by atoms with E-state index in [-0.39, 0.29) is 5.41 Å². The highest BCUT2D eigenvalue weighted by molar-refractivity contribution is 5.48. The Morgan fingerprint density at radius 1 is 1.25 bits per heavy atom. The first-order valence-electron chi connectivity index (χ1n) is 6.13. The van der Waals surface area contributed by atoms with Crippen molar-refractivity contribution in [3.8, 4) is 5.75 Å². The Morgan fingerprint density at radius 2 is 1.81 bits per heavy atom. The van der Waals surface area contributed by atoms with Crippen molar-refractivity contribution in [3.63, 3.8) is 0 Å². The van der Waals surface area contributed by atoms with Crippen LogP contribution in [0, 0.1) is 6.92 Å². The number of aryl methyl sites for hydroxylation is 1. The Hall–Kier alpha value is -0.980. The van der Waals surface area contributed by atoms with Gasteiger partial charge in [-0.1, -0.05) is 52.3 Å². The van der Waals surface area contributed by atoms with Crippen molar-refractivity contribution in [2.24, 2.45) is 0 Å². The van der Waals surface area contributed by atoms with Gasteiger partial charge in [0.05, 0.1) is 0 Å². The molecule has 0 saturated carbocycles. The molecule has 0 saturated heterocycles. The number of phenolic OH excluding ortho intramolecular Hbond substituents is 1. The molecule has 0 atom stereocenters. The molecule has 1 N–H and O–H groups in total. The number of aromatic hydroxyl groups is 1. The molecule has 1 nitrogen and oxygen atoms in total. The van der Waals surface area contributed by atoms with Gasteiger partial charge in [0.2, 0.25) is 0 Å². The molecule has 1 heteroatoms. The quantitative estimate of drug-likeness (QED) is 0.794. The first kappa shape index (κ1) is 13.1. The minimum absolute atomic E-state index is 0.0414. The molecule has 1 rings (SSSR count). The van der Waals surface area contributed by atoms with E-state index in [1.165, 1.54) is 5.56 Å². The van der Waals surface area contributed by atoms with Crippen molar-refractivity contribution in [3.05, 3.63) is 28.8 Å². The lowest BCUT2D eigenvalue weighted by atomic mass is 9.79. The lowest BCUT2D eigenvalue weighted by molar-refractivity contribution is 0.421. The lowest BCUT2D eigenvalue weighted by Crippen LogP contribution is -2.16. The van der Waals surface area contributed by atoms with Gasteiger partial charge in [0.15, 0.2) is 0 Å². The van der Waals surface area contributed by atoms with Gasteiger partial charge in [0, 0.05) is 5.56 Å². The molecule has 0 unspecified atom stereocenters. The van der Waals surface area contributed by atoms with Gasteiger partial charge in [-0.2, -0.15) is 0 Å². The van der Waals surface area contributed by atoms with Crippen LogP contribution in [-0.4, -0.2) is 5.11 Å². The summed E-state index contributed by atoms with van der Waals surface area (Å²) < 4.78 is 0. The highest BCUT2D eigenvalue weighted by atomic mass is 16.3.